The molecule has 2 fully saturated rings. The molecule has 0 N–H and O–H groups in total. The van der Waals surface area contributed by atoms with Gasteiger partial charge in [0.1, 0.15) is 5.82 Å². The molecule has 3 rings (SSSR count). The Hall–Kier alpha value is -0.610. The van der Waals surface area contributed by atoms with E-state index in [1.165, 1.54) is 19.4 Å². The van der Waals surface area contributed by atoms with Crippen LogP contribution in [-0.2, 0) is 0 Å². The fraction of sp³-hybridized carbons (Fsp3) is 0.625. The van der Waals surface area contributed by atoms with Crippen molar-refractivity contribution in [3.8, 4) is 0 Å². The number of hydrogen-bond acceptors (Lipinski definition) is 2. The zero-order valence-corrected chi connectivity index (χ0v) is 13.8. The topological polar surface area (TPSA) is 6.48 Å². The molecule has 2 atom stereocenters. The van der Waals surface area contributed by atoms with Gasteiger partial charge in [0.15, 0.2) is 0 Å². The lowest BCUT2D eigenvalue weighted by molar-refractivity contribution is 0.194. The fourth-order valence-corrected chi connectivity index (χ4v) is 4.14. The molecule has 0 aliphatic carbocycles. The quantitative estimate of drug-likeness (QED) is 0.803. The summed E-state index contributed by atoms with van der Waals surface area (Å²) < 4.78 is 14.5. The zero-order valence-electron chi connectivity index (χ0n) is 12.2. The molecule has 0 spiro atoms. The zero-order chi connectivity index (χ0) is 14.3. The number of piperazine rings is 1. The lowest BCUT2D eigenvalue weighted by atomic mass is 10.0. The Kier molecular flexibility index (Phi) is 4.04. The van der Waals surface area contributed by atoms with Crippen molar-refractivity contribution in [1.29, 1.82) is 0 Å². The second kappa shape index (κ2) is 5.64. The second-order valence-electron chi connectivity index (χ2n) is 6.06. The summed E-state index contributed by atoms with van der Waals surface area (Å²) in [5.74, 6) is -0.158. The Morgan fingerprint density at radius 1 is 1.35 bits per heavy atom. The predicted octanol–water partition coefficient (Wildman–Crippen LogP) is 3.96. The van der Waals surface area contributed by atoms with Crippen molar-refractivity contribution in [3.63, 3.8) is 0 Å². The number of benzene rings is 1. The third-order valence-corrected chi connectivity index (χ3v) is 5.42. The van der Waals surface area contributed by atoms with Crippen LogP contribution in [-0.4, -0.2) is 36.6 Å². The van der Waals surface area contributed by atoms with Gasteiger partial charge in [-0.25, -0.2) is 4.39 Å². The first-order chi connectivity index (χ1) is 9.60. The van der Waals surface area contributed by atoms with E-state index in [-0.39, 0.29) is 5.82 Å². The van der Waals surface area contributed by atoms with Crippen molar-refractivity contribution in [2.24, 2.45) is 0 Å². The summed E-state index contributed by atoms with van der Waals surface area (Å²) in [5.41, 5.74) is 2.23. The number of nitrogens with zero attached hydrogens (tertiary/aromatic N) is 2. The molecule has 2 nitrogen and oxygen atoms in total. The Bertz CT molecular complexity index is 505. The average molecular weight is 341 g/mol. The van der Waals surface area contributed by atoms with Crippen LogP contribution in [0.2, 0.25) is 0 Å². The van der Waals surface area contributed by atoms with Gasteiger partial charge >= 0.3 is 0 Å². The largest absolute Gasteiger partial charge is 0.365 e. The molecule has 2 saturated heterocycles. The van der Waals surface area contributed by atoms with E-state index in [4.69, 9.17) is 0 Å². The van der Waals surface area contributed by atoms with E-state index in [9.17, 15) is 4.39 Å². The highest BCUT2D eigenvalue weighted by atomic mass is 79.9. The van der Waals surface area contributed by atoms with Crippen molar-refractivity contribution in [2.75, 3.05) is 24.5 Å². The van der Waals surface area contributed by atoms with Gasteiger partial charge in [-0.2, -0.15) is 0 Å². The Balaban J connectivity index is 1.92. The Morgan fingerprint density at radius 3 is 2.90 bits per heavy atom. The molecule has 0 amide bonds. The van der Waals surface area contributed by atoms with Crippen LogP contribution in [0.5, 0.6) is 0 Å². The number of aryl methyl sites for hydroxylation is 1. The molecule has 4 heteroatoms. The van der Waals surface area contributed by atoms with Crippen LogP contribution in [0.4, 0.5) is 10.1 Å². The minimum atomic E-state index is -0.158. The van der Waals surface area contributed by atoms with Crippen molar-refractivity contribution in [1.82, 2.24) is 4.90 Å². The van der Waals surface area contributed by atoms with Crippen LogP contribution in [0.1, 0.15) is 31.7 Å². The summed E-state index contributed by atoms with van der Waals surface area (Å²) >= 11 is 3.28. The molecular weight excluding hydrogens is 319 g/mol. The van der Waals surface area contributed by atoms with Gasteiger partial charge in [-0.05, 0) is 66.4 Å². The van der Waals surface area contributed by atoms with E-state index in [0.29, 0.717) is 16.6 Å². The molecule has 2 heterocycles. The summed E-state index contributed by atoms with van der Waals surface area (Å²) in [6, 6.07) is 4.76. The molecule has 1 aromatic rings. The SMILES string of the molecule is CCC1CN2CCCC2CN1c1cc(F)c(Br)cc1C. The Morgan fingerprint density at radius 2 is 2.15 bits per heavy atom. The molecule has 0 saturated carbocycles. The summed E-state index contributed by atoms with van der Waals surface area (Å²) in [6.07, 6.45) is 3.70. The molecule has 2 aliphatic rings. The summed E-state index contributed by atoms with van der Waals surface area (Å²) in [6.45, 7) is 7.72. The van der Waals surface area contributed by atoms with E-state index in [2.05, 4.69) is 39.6 Å². The first-order valence-electron chi connectivity index (χ1n) is 7.56. The monoisotopic (exact) mass is 340 g/mol. The molecule has 0 aromatic heterocycles. The highest BCUT2D eigenvalue weighted by Crippen LogP contribution is 2.33. The molecule has 0 radical (unpaired) electrons. The minimum Gasteiger partial charge on any atom is -0.365 e. The van der Waals surface area contributed by atoms with E-state index in [1.54, 1.807) is 6.07 Å². The molecule has 2 aliphatic heterocycles. The third-order valence-electron chi connectivity index (χ3n) is 4.81. The highest BCUT2D eigenvalue weighted by molar-refractivity contribution is 9.10. The van der Waals surface area contributed by atoms with E-state index in [0.717, 1.165) is 30.8 Å². The van der Waals surface area contributed by atoms with Gasteiger partial charge in [-0.1, -0.05) is 6.92 Å². The molecule has 110 valence electrons. The number of anilines is 1. The van der Waals surface area contributed by atoms with Crippen LogP contribution in [0, 0.1) is 12.7 Å². The average Bonchev–Trinajstić information content (AvgIpc) is 2.88. The van der Waals surface area contributed by atoms with Gasteiger partial charge in [0, 0.05) is 30.9 Å². The number of hydrogen-bond donors (Lipinski definition) is 0. The summed E-state index contributed by atoms with van der Waals surface area (Å²) in [4.78, 5) is 5.06. The van der Waals surface area contributed by atoms with E-state index >= 15 is 0 Å². The molecular formula is C16H22BrFN2. The number of halogens is 2. The first-order valence-corrected chi connectivity index (χ1v) is 8.35. The molecule has 0 bridgehead atoms. The molecule has 20 heavy (non-hydrogen) atoms. The van der Waals surface area contributed by atoms with Crippen molar-refractivity contribution >= 4 is 21.6 Å². The van der Waals surface area contributed by atoms with Gasteiger partial charge in [0.05, 0.1) is 4.47 Å². The Labute approximate surface area is 129 Å². The summed E-state index contributed by atoms with van der Waals surface area (Å²) in [7, 11) is 0. The van der Waals surface area contributed by atoms with Crippen molar-refractivity contribution < 1.29 is 4.39 Å². The maximum absolute atomic E-state index is 13.9. The normalized spacial score (nSPS) is 26.9. The standard InChI is InChI=1S/C16H22BrFN2/c1-3-12-9-19-6-4-5-13(19)10-20(12)16-8-15(18)14(17)7-11(16)2/h7-8,12-13H,3-6,9-10H2,1-2H3. The van der Waals surface area contributed by atoms with Gasteiger partial charge < -0.3 is 4.90 Å². The molecule has 1 aromatic carbocycles. The lowest BCUT2D eigenvalue weighted by Crippen LogP contribution is -2.56. The maximum atomic E-state index is 13.9. The lowest BCUT2D eigenvalue weighted by Gasteiger charge is -2.45. The van der Waals surface area contributed by atoms with E-state index < -0.39 is 0 Å². The van der Waals surface area contributed by atoms with Crippen LogP contribution in [0.25, 0.3) is 0 Å². The van der Waals surface area contributed by atoms with Crippen molar-refractivity contribution in [2.45, 2.75) is 45.2 Å². The number of fused-ring (bicyclic) bond motifs is 1. The predicted molar refractivity (Wildman–Crippen MR) is 84.9 cm³/mol. The van der Waals surface area contributed by atoms with Crippen LogP contribution < -0.4 is 4.90 Å². The van der Waals surface area contributed by atoms with Gasteiger partial charge in [-0.3, -0.25) is 4.90 Å². The van der Waals surface area contributed by atoms with Crippen LogP contribution in [0.3, 0.4) is 0 Å². The van der Waals surface area contributed by atoms with Crippen molar-refractivity contribution in [3.05, 3.63) is 28.0 Å². The van der Waals surface area contributed by atoms with Gasteiger partial charge in [0.2, 0.25) is 0 Å². The first kappa shape index (κ1) is 14.3. The highest BCUT2D eigenvalue weighted by Gasteiger charge is 2.36. The minimum absolute atomic E-state index is 0.158. The molecule has 2 unspecified atom stereocenters. The third kappa shape index (κ3) is 2.48. The smallest absolute Gasteiger partial charge is 0.139 e. The second-order valence-corrected chi connectivity index (χ2v) is 6.91. The number of rotatable bonds is 2. The van der Waals surface area contributed by atoms with Gasteiger partial charge in [0.25, 0.3) is 0 Å². The van der Waals surface area contributed by atoms with Crippen LogP contribution >= 0.6 is 15.9 Å². The van der Waals surface area contributed by atoms with E-state index in [1.807, 2.05) is 6.07 Å². The van der Waals surface area contributed by atoms with Crippen LogP contribution in [0.15, 0.2) is 16.6 Å². The maximum Gasteiger partial charge on any atom is 0.139 e. The van der Waals surface area contributed by atoms with Gasteiger partial charge in [-0.15, -0.1) is 0 Å². The fourth-order valence-electron chi connectivity index (χ4n) is 3.68. The summed E-state index contributed by atoms with van der Waals surface area (Å²) in [5, 5.41) is 0.